The van der Waals surface area contributed by atoms with E-state index in [1.165, 1.54) is 73.2 Å². The number of anilines is 1. The van der Waals surface area contributed by atoms with Crippen molar-refractivity contribution >= 4 is 52.2 Å². The maximum Gasteiger partial charge on any atom is 0.291 e. The summed E-state index contributed by atoms with van der Waals surface area (Å²) in [6, 6.07) is 7.13. The lowest BCUT2D eigenvalue weighted by Gasteiger charge is -2.38. The number of rotatable bonds is 10. The van der Waals surface area contributed by atoms with E-state index in [4.69, 9.17) is 17.0 Å². The molecule has 0 aliphatic carbocycles. The first kappa shape index (κ1) is 39.1. The SMILES string of the molecule is CNC(=O)CN(C)/C=C(\C(C)=N)c1ccc(-c2cnc(C(=O)Nc3ccc(C(=O)N4CCN(C(=O)[C@@H]5CCC[N+]5(C)C)CC4)c(Cl)c3)n2C)c(F)c1F. The molecule has 2 fully saturated rings. The molecule has 0 unspecified atom stereocenters. The Hall–Kier alpha value is -5.15. The summed E-state index contributed by atoms with van der Waals surface area (Å²) in [6.07, 6.45) is 4.53. The zero-order chi connectivity index (χ0) is 38.8. The minimum atomic E-state index is -1.20. The molecule has 5 rings (SSSR count). The third-order valence-electron chi connectivity index (χ3n) is 9.94. The monoisotopic (exact) mass is 752 g/mol. The Labute approximate surface area is 312 Å². The van der Waals surface area contributed by atoms with E-state index in [0.717, 1.165) is 19.4 Å². The van der Waals surface area contributed by atoms with Gasteiger partial charge >= 0.3 is 0 Å². The minimum absolute atomic E-state index is 0.0363. The molecule has 282 valence electrons. The molecule has 1 aromatic heterocycles. The lowest BCUT2D eigenvalue weighted by molar-refractivity contribution is -0.893. The lowest BCUT2D eigenvalue weighted by atomic mass is 9.99. The van der Waals surface area contributed by atoms with Gasteiger partial charge in [0.2, 0.25) is 5.91 Å². The zero-order valence-electron chi connectivity index (χ0n) is 30.7. The van der Waals surface area contributed by atoms with Gasteiger partial charge in [-0.05, 0) is 31.2 Å². The third-order valence-corrected chi connectivity index (χ3v) is 10.3. The van der Waals surface area contributed by atoms with Crippen LogP contribution >= 0.6 is 11.6 Å². The Morgan fingerprint density at radius 2 is 1.72 bits per heavy atom. The quantitative estimate of drug-likeness (QED) is 0.212. The second-order valence-electron chi connectivity index (χ2n) is 14.0. The highest BCUT2D eigenvalue weighted by molar-refractivity contribution is 6.34. The van der Waals surface area contributed by atoms with Crippen LogP contribution < -0.4 is 10.6 Å². The molecular formula is C37H45ClF2N9O4+. The Bertz CT molecular complexity index is 1990. The van der Waals surface area contributed by atoms with E-state index in [0.29, 0.717) is 30.7 Å². The molecule has 1 atom stereocenters. The van der Waals surface area contributed by atoms with Crippen molar-refractivity contribution in [2.45, 2.75) is 25.8 Å². The van der Waals surface area contributed by atoms with Crippen molar-refractivity contribution in [2.24, 2.45) is 7.05 Å². The molecule has 0 saturated carbocycles. The van der Waals surface area contributed by atoms with Crippen LogP contribution in [0.4, 0.5) is 14.5 Å². The van der Waals surface area contributed by atoms with Crippen molar-refractivity contribution in [3.8, 4) is 11.3 Å². The van der Waals surface area contributed by atoms with E-state index < -0.39 is 17.5 Å². The fraction of sp³-hybridized carbons (Fsp3) is 0.405. The summed E-state index contributed by atoms with van der Waals surface area (Å²) in [5.74, 6) is -3.59. The van der Waals surface area contributed by atoms with Crippen LogP contribution in [0.15, 0.2) is 42.7 Å². The number of likely N-dealkylation sites (N-methyl/N-ethyl adjacent to an activating group) is 3. The van der Waals surface area contributed by atoms with Crippen LogP contribution in [0.2, 0.25) is 5.02 Å². The van der Waals surface area contributed by atoms with Crippen molar-refractivity contribution in [2.75, 3.05) is 72.8 Å². The van der Waals surface area contributed by atoms with Crippen LogP contribution in [-0.2, 0) is 16.6 Å². The van der Waals surface area contributed by atoms with Crippen LogP contribution in [0.3, 0.4) is 0 Å². The lowest BCUT2D eigenvalue weighted by Crippen LogP contribution is -2.58. The van der Waals surface area contributed by atoms with Gasteiger partial charge in [0.1, 0.15) is 0 Å². The number of hydrogen-bond donors (Lipinski definition) is 3. The fourth-order valence-electron chi connectivity index (χ4n) is 6.85. The number of benzene rings is 2. The van der Waals surface area contributed by atoms with Crippen molar-refractivity contribution in [3.63, 3.8) is 0 Å². The average Bonchev–Trinajstić information content (AvgIpc) is 3.68. The Morgan fingerprint density at radius 3 is 2.32 bits per heavy atom. The predicted molar refractivity (Wildman–Crippen MR) is 199 cm³/mol. The first-order valence-electron chi connectivity index (χ1n) is 17.2. The van der Waals surface area contributed by atoms with Crippen molar-refractivity contribution < 1.29 is 32.4 Å². The molecule has 16 heteroatoms. The maximum atomic E-state index is 15.6. The molecule has 3 N–H and O–H groups in total. The number of quaternary nitrogens is 1. The number of amides is 4. The van der Waals surface area contributed by atoms with Gasteiger partial charge in [0.05, 0.1) is 49.7 Å². The van der Waals surface area contributed by atoms with Gasteiger partial charge in [-0.15, -0.1) is 0 Å². The smallest absolute Gasteiger partial charge is 0.291 e. The third kappa shape index (κ3) is 8.25. The molecule has 2 aromatic carbocycles. The standard InChI is InChI=1S/C37H44ClF2N9O4/c1-22(41)27(20-45(3)21-31(50)42-2)24-11-12-26(33(40)32(24)39)29-19-43-34(46(29)4)35(51)44-23-9-10-25(28(38)18-23)36(52)47-13-15-48(16-14-47)37(53)30-8-7-17-49(30,5)6/h9-12,18-20,30,41H,7-8,13-17,21H2,1-6H3,(H-,42,44,50,51,52)/p+1/b27-20+,41-22?/t30-/m0/s1. The number of hydrogen-bond acceptors (Lipinski definition) is 7. The summed E-state index contributed by atoms with van der Waals surface area (Å²) in [5.41, 5.74) is 0.406. The summed E-state index contributed by atoms with van der Waals surface area (Å²) < 4.78 is 33.1. The number of carbonyl (C=O) groups is 4. The fourth-order valence-corrected chi connectivity index (χ4v) is 7.11. The second kappa shape index (κ2) is 15.8. The topological polar surface area (TPSA) is 144 Å². The second-order valence-corrected chi connectivity index (χ2v) is 14.4. The van der Waals surface area contributed by atoms with Gasteiger partial charge in [-0.25, -0.2) is 13.8 Å². The molecule has 0 bridgehead atoms. The molecular weight excluding hydrogens is 708 g/mol. The van der Waals surface area contributed by atoms with Crippen LogP contribution in [0.1, 0.15) is 46.3 Å². The highest BCUT2D eigenvalue weighted by Crippen LogP contribution is 2.31. The van der Waals surface area contributed by atoms with Crippen LogP contribution in [0.5, 0.6) is 0 Å². The summed E-state index contributed by atoms with van der Waals surface area (Å²) >= 11 is 6.53. The maximum absolute atomic E-state index is 15.6. The highest BCUT2D eigenvalue weighted by atomic mass is 35.5. The number of aromatic nitrogens is 2. The van der Waals surface area contributed by atoms with Gasteiger partial charge in [-0.2, -0.15) is 0 Å². The van der Waals surface area contributed by atoms with E-state index in [9.17, 15) is 19.2 Å². The Kier molecular flexibility index (Phi) is 11.7. The Morgan fingerprint density at radius 1 is 1.06 bits per heavy atom. The molecule has 2 aliphatic heterocycles. The summed E-state index contributed by atoms with van der Waals surface area (Å²) in [5, 5.41) is 13.4. The molecule has 0 spiro atoms. The average molecular weight is 753 g/mol. The van der Waals surface area contributed by atoms with E-state index >= 15 is 8.78 Å². The van der Waals surface area contributed by atoms with Crippen molar-refractivity contribution in [1.82, 2.24) is 29.6 Å². The van der Waals surface area contributed by atoms with E-state index in [1.807, 2.05) is 4.90 Å². The first-order chi connectivity index (χ1) is 25.0. The highest BCUT2D eigenvalue weighted by Gasteiger charge is 2.42. The van der Waals surface area contributed by atoms with Gasteiger partial charge in [0.15, 0.2) is 23.5 Å². The molecule has 0 radical (unpaired) electrons. The van der Waals surface area contributed by atoms with Crippen LogP contribution in [0, 0.1) is 17.0 Å². The number of allylic oxidation sites excluding steroid dienone is 1. The molecule has 2 aliphatic rings. The number of carbonyl (C=O) groups excluding carboxylic acids is 4. The minimum Gasteiger partial charge on any atom is -0.371 e. The van der Waals surface area contributed by atoms with Crippen molar-refractivity contribution in [3.05, 3.63) is 76.3 Å². The number of halogens is 3. The van der Waals surface area contributed by atoms with E-state index in [-0.39, 0.29) is 80.5 Å². The molecule has 2 saturated heterocycles. The van der Waals surface area contributed by atoms with Gasteiger partial charge < -0.3 is 39.8 Å². The molecule has 3 aromatic rings. The first-order valence-corrected chi connectivity index (χ1v) is 17.6. The van der Waals surface area contributed by atoms with Crippen LogP contribution in [0.25, 0.3) is 16.8 Å². The zero-order valence-corrected chi connectivity index (χ0v) is 31.5. The normalized spacial score (nSPS) is 17.1. The number of likely N-dealkylation sites (tertiary alicyclic amines) is 1. The molecule has 4 amide bonds. The van der Waals surface area contributed by atoms with Gasteiger partial charge in [0.25, 0.3) is 17.7 Å². The van der Waals surface area contributed by atoms with Gasteiger partial charge in [0, 0.05) is 94.5 Å². The van der Waals surface area contributed by atoms with E-state index in [1.54, 1.807) is 11.9 Å². The largest absolute Gasteiger partial charge is 0.371 e. The number of nitrogens with zero attached hydrogens (tertiary/aromatic N) is 6. The summed E-state index contributed by atoms with van der Waals surface area (Å²) in [7, 11) is 8.70. The number of nitrogens with one attached hydrogen (secondary N) is 3. The molecule has 13 nitrogen and oxygen atoms in total. The predicted octanol–water partition coefficient (Wildman–Crippen LogP) is 3.85. The van der Waals surface area contributed by atoms with Crippen LogP contribution in [-0.4, -0.2) is 132 Å². The van der Waals surface area contributed by atoms with Crippen molar-refractivity contribution in [1.29, 1.82) is 5.41 Å². The van der Waals surface area contributed by atoms with Gasteiger partial charge in [-0.1, -0.05) is 17.7 Å². The number of piperazine rings is 1. The molecule has 53 heavy (non-hydrogen) atoms. The summed E-state index contributed by atoms with van der Waals surface area (Å²) in [4.78, 5) is 60.7. The van der Waals surface area contributed by atoms with E-state index in [2.05, 4.69) is 29.7 Å². The number of imidazole rings is 1. The molecule has 3 heterocycles. The van der Waals surface area contributed by atoms with Gasteiger partial charge in [-0.3, -0.25) is 19.2 Å². The Balaban J connectivity index is 1.25. The summed E-state index contributed by atoms with van der Waals surface area (Å²) in [6.45, 7) is 3.99.